The molecule has 4 aromatic rings. The van der Waals surface area contributed by atoms with Crippen molar-refractivity contribution in [3.63, 3.8) is 0 Å². The second kappa shape index (κ2) is 7.50. The third-order valence-corrected chi connectivity index (χ3v) is 5.96. The lowest BCUT2D eigenvalue weighted by atomic mass is 9.94. The summed E-state index contributed by atoms with van der Waals surface area (Å²) < 4.78 is 2.08. The van der Waals surface area contributed by atoms with Crippen LogP contribution in [0.2, 0.25) is 0 Å². The van der Waals surface area contributed by atoms with Gasteiger partial charge in [0.05, 0.1) is 11.2 Å². The van der Waals surface area contributed by atoms with Crippen LogP contribution in [0.3, 0.4) is 0 Å². The molecule has 0 saturated heterocycles. The van der Waals surface area contributed by atoms with Gasteiger partial charge in [0.2, 0.25) is 5.95 Å². The van der Waals surface area contributed by atoms with E-state index in [0.717, 1.165) is 58.0 Å². The number of aryl methyl sites for hydroxylation is 2. The van der Waals surface area contributed by atoms with E-state index in [4.69, 9.17) is 5.73 Å². The zero-order valence-electron chi connectivity index (χ0n) is 17.3. The molecule has 1 amide bonds. The molecule has 2 aromatic heterocycles. The van der Waals surface area contributed by atoms with Crippen molar-refractivity contribution in [1.82, 2.24) is 19.9 Å². The number of carbonyl (C=O) groups excluding carboxylic acids is 2. The highest BCUT2D eigenvalue weighted by Crippen LogP contribution is 2.32. The number of nitrogens with one attached hydrogen (secondary N) is 1. The summed E-state index contributed by atoms with van der Waals surface area (Å²) in [5, 5.41) is 4.87. The molecular weight excluding hydrogens is 390 g/mol. The Labute approximate surface area is 179 Å². The van der Waals surface area contributed by atoms with Crippen molar-refractivity contribution in [2.24, 2.45) is 0 Å². The summed E-state index contributed by atoms with van der Waals surface area (Å²) in [6.45, 7) is 3.18. The molecule has 0 bridgehead atoms. The van der Waals surface area contributed by atoms with Crippen molar-refractivity contribution in [3.05, 3.63) is 65.0 Å². The predicted molar refractivity (Wildman–Crippen MR) is 120 cm³/mol. The second-order valence-corrected chi connectivity index (χ2v) is 7.88. The summed E-state index contributed by atoms with van der Waals surface area (Å²) in [6.07, 6.45) is 4.02. The third kappa shape index (κ3) is 3.32. The molecule has 0 aliphatic heterocycles. The number of fused-ring (bicyclic) bond motifs is 4. The van der Waals surface area contributed by atoms with Crippen molar-refractivity contribution in [1.29, 1.82) is 0 Å². The number of hydrogen-bond donors (Lipinski definition) is 2. The van der Waals surface area contributed by atoms with E-state index in [1.165, 1.54) is 0 Å². The van der Waals surface area contributed by atoms with Crippen LogP contribution in [0.1, 0.15) is 51.7 Å². The summed E-state index contributed by atoms with van der Waals surface area (Å²) in [4.78, 5) is 33.6. The number of nitrogens with zero attached hydrogens (tertiary/aromatic N) is 3. The highest BCUT2D eigenvalue weighted by molar-refractivity contribution is 6.06. The van der Waals surface area contributed by atoms with E-state index in [-0.39, 0.29) is 17.6 Å². The van der Waals surface area contributed by atoms with Crippen LogP contribution in [-0.2, 0) is 19.5 Å². The number of amides is 1. The van der Waals surface area contributed by atoms with Gasteiger partial charge in [-0.3, -0.25) is 9.59 Å². The van der Waals surface area contributed by atoms with Gasteiger partial charge in [0.1, 0.15) is 0 Å². The van der Waals surface area contributed by atoms with E-state index in [9.17, 15) is 9.59 Å². The molecule has 0 radical (unpaired) electrons. The fourth-order valence-electron chi connectivity index (χ4n) is 4.50. The molecule has 5 rings (SSSR count). The van der Waals surface area contributed by atoms with Gasteiger partial charge in [-0.1, -0.05) is 6.07 Å². The first-order chi connectivity index (χ1) is 15.0. The molecule has 0 atom stereocenters. The zero-order valence-corrected chi connectivity index (χ0v) is 17.3. The molecule has 0 unspecified atom stereocenters. The Bertz CT molecular complexity index is 1360. The molecule has 2 aromatic carbocycles. The Morgan fingerprint density at radius 2 is 2.06 bits per heavy atom. The average molecular weight is 413 g/mol. The van der Waals surface area contributed by atoms with Crippen LogP contribution in [0.15, 0.2) is 42.6 Å². The monoisotopic (exact) mass is 413 g/mol. The maximum atomic E-state index is 12.9. The fourth-order valence-corrected chi connectivity index (χ4v) is 4.50. The van der Waals surface area contributed by atoms with E-state index >= 15 is 0 Å². The van der Waals surface area contributed by atoms with Gasteiger partial charge in [0, 0.05) is 47.6 Å². The number of nitrogen functional groups attached to an aromatic ring is 1. The zero-order chi connectivity index (χ0) is 21.5. The minimum atomic E-state index is -0.143. The number of carbonyl (C=O) groups is 2. The van der Waals surface area contributed by atoms with E-state index in [0.29, 0.717) is 18.5 Å². The third-order valence-electron chi connectivity index (χ3n) is 5.96. The molecule has 156 valence electrons. The summed E-state index contributed by atoms with van der Waals surface area (Å²) in [7, 11) is 0. The highest BCUT2D eigenvalue weighted by atomic mass is 16.1. The smallest absolute Gasteiger partial charge is 0.251 e. The summed E-state index contributed by atoms with van der Waals surface area (Å²) in [5.41, 5.74) is 10.9. The van der Waals surface area contributed by atoms with Gasteiger partial charge in [-0.2, -0.15) is 0 Å². The topological polar surface area (TPSA) is 103 Å². The van der Waals surface area contributed by atoms with Crippen LogP contribution in [0, 0.1) is 0 Å². The Hall–Kier alpha value is -3.74. The number of benzene rings is 2. The average Bonchev–Trinajstić information content (AvgIpc) is 3.11. The Balaban J connectivity index is 1.41. The van der Waals surface area contributed by atoms with Crippen LogP contribution in [0.4, 0.5) is 5.95 Å². The van der Waals surface area contributed by atoms with E-state index in [2.05, 4.69) is 19.9 Å². The van der Waals surface area contributed by atoms with Crippen LogP contribution in [0.25, 0.3) is 21.8 Å². The lowest BCUT2D eigenvalue weighted by molar-refractivity contribution is 0.0947. The molecule has 0 saturated carbocycles. The normalized spacial score (nSPS) is 13.5. The van der Waals surface area contributed by atoms with Gasteiger partial charge in [0.25, 0.3) is 5.91 Å². The highest BCUT2D eigenvalue weighted by Gasteiger charge is 2.25. The van der Waals surface area contributed by atoms with Gasteiger partial charge in [-0.05, 0) is 61.2 Å². The molecule has 1 aliphatic carbocycles. The Kier molecular flexibility index (Phi) is 4.66. The predicted octanol–water partition coefficient (Wildman–Crippen LogP) is 3.64. The van der Waals surface area contributed by atoms with Crippen molar-refractivity contribution >= 4 is 39.4 Å². The largest absolute Gasteiger partial charge is 0.368 e. The number of nitrogens with two attached hydrogens (primary N) is 1. The lowest BCUT2D eigenvalue weighted by Crippen LogP contribution is -2.22. The SMILES string of the molecule is CCn1c2c(c3cc(C(=O)NCc4ccc5nc(N)ncc5c4)ccc31)CCCC2=O. The fraction of sp³-hybridized carbons (Fsp3) is 0.250. The number of Topliss-reactive ketones (excluding diaryl/α,β-unsaturated/α-hetero) is 1. The Morgan fingerprint density at radius 1 is 1.19 bits per heavy atom. The van der Waals surface area contributed by atoms with E-state index in [1.807, 2.05) is 43.3 Å². The molecule has 1 aliphatic rings. The second-order valence-electron chi connectivity index (χ2n) is 7.88. The lowest BCUT2D eigenvalue weighted by Gasteiger charge is -2.13. The van der Waals surface area contributed by atoms with Crippen LogP contribution < -0.4 is 11.1 Å². The quantitative estimate of drug-likeness (QED) is 0.532. The van der Waals surface area contributed by atoms with Gasteiger partial charge in [-0.25, -0.2) is 9.97 Å². The van der Waals surface area contributed by atoms with Crippen molar-refractivity contribution < 1.29 is 9.59 Å². The number of hydrogen-bond acceptors (Lipinski definition) is 5. The van der Waals surface area contributed by atoms with Gasteiger partial charge >= 0.3 is 0 Å². The summed E-state index contributed by atoms with van der Waals surface area (Å²) >= 11 is 0. The van der Waals surface area contributed by atoms with Gasteiger partial charge < -0.3 is 15.6 Å². The van der Waals surface area contributed by atoms with E-state index < -0.39 is 0 Å². The van der Waals surface area contributed by atoms with Crippen molar-refractivity contribution in [3.8, 4) is 0 Å². The maximum absolute atomic E-state index is 12.9. The van der Waals surface area contributed by atoms with Crippen molar-refractivity contribution in [2.45, 2.75) is 39.3 Å². The number of rotatable bonds is 4. The maximum Gasteiger partial charge on any atom is 0.251 e. The van der Waals surface area contributed by atoms with Crippen LogP contribution >= 0.6 is 0 Å². The molecule has 0 spiro atoms. The standard InChI is InChI=1S/C24H23N5O2/c1-2-29-20-9-7-15(11-18(20)17-4-3-5-21(30)22(17)29)23(31)26-12-14-6-8-19-16(10-14)13-27-24(25)28-19/h6-11,13H,2-5,12H2,1H3,(H,26,31)(H2,25,27,28). The minimum Gasteiger partial charge on any atom is -0.368 e. The number of aromatic nitrogens is 3. The first-order valence-electron chi connectivity index (χ1n) is 10.5. The molecule has 2 heterocycles. The Morgan fingerprint density at radius 3 is 2.90 bits per heavy atom. The first kappa shape index (κ1) is 19.2. The van der Waals surface area contributed by atoms with Gasteiger partial charge in [0.15, 0.2) is 5.78 Å². The summed E-state index contributed by atoms with van der Waals surface area (Å²) in [6, 6.07) is 11.4. The van der Waals surface area contributed by atoms with E-state index in [1.54, 1.807) is 6.20 Å². The first-order valence-corrected chi connectivity index (χ1v) is 10.5. The van der Waals surface area contributed by atoms with Crippen LogP contribution in [0.5, 0.6) is 0 Å². The van der Waals surface area contributed by atoms with Crippen LogP contribution in [-0.4, -0.2) is 26.2 Å². The molecule has 7 heteroatoms. The van der Waals surface area contributed by atoms with Gasteiger partial charge in [-0.15, -0.1) is 0 Å². The summed E-state index contributed by atoms with van der Waals surface area (Å²) in [5.74, 6) is 0.299. The number of anilines is 1. The minimum absolute atomic E-state index is 0.143. The molecule has 7 nitrogen and oxygen atoms in total. The molecular formula is C24H23N5O2. The molecule has 31 heavy (non-hydrogen) atoms. The molecule has 0 fully saturated rings. The van der Waals surface area contributed by atoms with Crippen molar-refractivity contribution in [2.75, 3.05) is 5.73 Å². The number of ketones is 1. The molecule has 3 N–H and O–H groups in total.